The largest absolute Gasteiger partial charge is 0.497 e. The first-order valence-corrected chi connectivity index (χ1v) is 10.3. The van der Waals surface area contributed by atoms with Gasteiger partial charge in [-0.25, -0.2) is 4.39 Å². The van der Waals surface area contributed by atoms with Gasteiger partial charge in [-0.15, -0.1) is 0 Å². The monoisotopic (exact) mass is 398 g/mol. The summed E-state index contributed by atoms with van der Waals surface area (Å²) in [4.78, 5) is 11.5. The van der Waals surface area contributed by atoms with Crippen LogP contribution in [0.3, 0.4) is 0 Å². The van der Waals surface area contributed by atoms with Crippen LogP contribution < -0.4 is 9.47 Å². The molecule has 0 amide bonds. The molecule has 4 rings (SSSR count). The molecule has 1 N–H and O–H groups in total. The summed E-state index contributed by atoms with van der Waals surface area (Å²) in [6, 6.07) is 12.8. The fourth-order valence-corrected chi connectivity index (χ4v) is 4.34. The molecule has 4 atom stereocenters. The van der Waals surface area contributed by atoms with Crippen LogP contribution in [0.15, 0.2) is 42.5 Å². The number of rotatable bonds is 9. The van der Waals surface area contributed by atoms with Crippen molar-refractivity contribution < 1.29 is 23.8 Å². The quantitative estimate of drug-likeness (QED) is 0.628. The number of hydrogen-bond donors (Lipinski definition) is 1. The van der Waals surface area contributed by atoms with E-state index < -0.39 is 11.9 Å². The predicted molar refractivity (Wildman–Crippen MR) is 108 cm³/mol. The van der Waals surface area contributed by atoms with E-state index in [-0.39, 0.29) is 17.7 Å². The van der Waals surface area contributed by atoms with Crippen molar-refractivity contribution in [1.29, 1.82) is 0 Å². The molecule has 0 heterocycles. The van der Waals surface area contributed by atoms with Gasteiger partial charge in [0, 0.05) is 12.0 Å². The maximum absolute atomic E-state index is 14.3. The molecule has 2 fully saturated rings. The SMILES string of the molecule is COc1ccc([C@H]2C[C@@H]2COc2cccc(C(C3CC3)[C@H](C)C(=O)O)c2)c(F)c1. The van der Waals surface area contributed by atoms with Crippen molar-refractivity contribution in [3.63, 3.8) is 0 Å². The van der Waals surface area contributed by atoms with Gasteiger partial charge < -0.3 is 14.6 Å². The van der Waals surface area contributed by atoms with Gasteiger partial charge in [0.2, 0.25) is 0 Å². The first kappa shape index (κ1) is 19.7. The summed E-state index contributed by atoms with van der Waals surface area (Å²) in [5.74, 6) is 0.825. The number of ether oxygens (including phenoxy) is 2. The van der Waals surface area contributed by atoms with Crippen LogP contribution in [0, 0.1) is 23.6 Å². The molecule has 0 spiro atoms. The Morgan fingerprint density at radius 2 is 2.00 bits per heavy atom. The molecule has 1 unspecified atom stereocenters. The lowest BCUT2D eigenvalue weighted by Crippen LogP contribution is -2.20. The molecule has 0 radical (unpaired) electrons. The third kappa shape index (κ3) is 4.39. The summed E-state index contributed by atoms with van der Waals surface area (Å²) in [6.07, 6.45) is 3.08. The standard InChI is InChI=1S/C24H27FO4/c1-14(24(26)27)23(15-6-7-15)16-4-3-5-19(10-16)29-13-17-11-21(17)20-9-8-18(28-2)12-22(20)25/h3-5,8-10,12,14-15,17,21,23H,6-7,11,13H2,1-2H3,(H,26,27)/t14-,17+,21-,23?/m0/s1. The number of hydrogen-bond acceptors (Lipinski definition) is 3. The Kier molecular flexibility index (Phi) is 5.48. The van der Waals surface area contributed by atoms with E-state index >= 15 is 0 Å². The molecule has 4 nitrogen and oxygen atoms in total. The molecule has 2 aromatic rings. The maximum Gasteiger partial charge on any atom is 0.306 e. The van der Waals surface area contributed by atoms with Crippen molar-refractivity contribution in [3.8, 4) is 11.5 Å². The fraction of sp³-hybridized carbons (Fsp3) is 0.458. The van der Waals surface area contributed by atoms with Gasteiger partial charge in [-0.2, -0.15) is 0 Å². The molecule has 2 aromatic carbocycles. The normalized spacial score (nSPS) is 22.6. The van der Waals surface area contributed by atoms with Crippen LogP contribution in [0.1, 0.15) is 49.1 Å². The third-order valence-corrected chi connectivity index (χ3v) is 6.29. The summed E-state index contributed by atoms with van der Waals surface area (Å²) in [6.45, 7) is 2.32. The minimum absolute atomic E-state index is 0.0260. The minimum atomic E-state index is -0.754. The third-order valence-electron chi connectivity index (χ3n) is 6.29. The molecular weight excluding hydrogens is 371 g/mol. The number of halogens is 1. The highest BCUT2D eigenvalue weighted by Crippen LogP contribution is 2.49. The molecule has 0 aliphatic heterocycles. The van der Waals surface area contributed by atoms with E-state index in [0.717, 1.165) is 36.1 Å². The summed E-state index contributed by atoms with van der Waals surface area (Å²) in [5.41, 5.74) is 1.76. The van der Waals surface area contributed by atoms with Crippen LogP contribution in [0.5, 0.6) is 11.5 Å². The number of carboxylic acid groups (broad SMARTS) is 1. The lowest BCUT2D eigenvalue weighted by Gasteiger charge is -2.21. The maximum atomic E-state index is 14.3. The van der Waals surface area contributed by atoms with E-state index in [2.05, 4.69) is 0 Å². The van der Waals surface area contributed by atoms with E-state index in [1.807, 2.05) is 24.3 Å². The Balaban J connectivity index is 1.39. The van der Waals surface area contributed by atoms with Gasteiger partial charge in [0.1, 0.15) is 17.3 Å². The highest BCUT2D eigenvalue weighted by molar-refractivity contribution is 5.71. The summed E-state index contributed by atoms with van der Waals surface area (Å²) in [5, 5.41) is 9.47. The van der Waals surface area contributed by atoms with Crippen molar-refractivity contribution in [2.24, 2.45) is 17.8 Å². The first-order valence-electron chi connectivity index (χ1n) is 10.3. The van der Waals surface area contributed by atoms with Gasteiger partial charge in [0.25, 0.3) is 0 Å². The van der Waals surface area contributed by atoms with Crippen LogP contribution in [0.4, 0.5) is 4.39 Å². The summed E-state index contributed by atoms with van der Waals surface area (Å²) in [7, 11) is 1.53. The van der Waals surface area contributed by atoms with Crippen molar-refractivity contribution in [2.75, 3.05) is 13.7 Å². The van der Waals surface area contributed by atoms with Crippen LogP contribution >= 0.6 is 0 Å². The van der Waals surface area contributed by atoms with Crippen molar-refractivity contribution in [2.45, 2.75) is 38.0 Å². The van der Waals surface area contributed by atoms with Crippen LogP contribution in [0.25, 0.3) is 0 Å². The molecule has 0 bridgehead atoms. The van der Waals surface area contributed by atoms with Crippen molar-refractivity contribution in [1.82, 2.24) is 0 Å². The lowest BCUT2D eigenvalue weighted by molar-refractivity contribution is -0.142. The zero-order valence-electron chi connectivity index (χ0n) is 16.8. The predicted octanol–water partition coefficient (Wildman–Crippen LogP) is 5.23. The Morgan fingerprint density at radius 3 is 2.66 bits per heavy atom. The number of benzene rings is 2. The topological polar surface area (TPSA) is 55.8 Å². The Bertz CT molecular complexity index is 892. The Morgan fingerprint density at radius 1 is 1.21 bits per heavy atom. The second-order valence-electron chi connectivity index (χ2n) is 8.36. The van der Waals surface area contributed by atoms with E-state index in [9.17, 15) is 14.3 Å². The van der Waals surface area contributed by atoms with E-state index in [4.69, 9.17) is 9.47 Å². The van der Waals surface area contributed by atoms with Crippen LogP contribution in [-0.2, 0) is 4.79 Å². The second-order valence-corrected chi connectivity index (χ2v) is 8.36. The number of aliphatic carboxylic acids is 1. The van der Waals surface area contributed by atoms with Crippen molar-refractivity contribution >= 4 is 5.97 Å². The minimum Gasteiger partial charge on any atom is -0.497 e. The molecule has 0 aromatic heterocycles. The van der Waals surface area contributed by atoms with Gasteiger partial charge in [-0.3, -0.25) is 4.79 Å². The molecular formula is C24H27FO4. The van der Waals surface area contributed by atoms with Gasteiger partial charge in [-0.1, -0.05) is 25.1 Å². The number of carbonyl (C=O) groups is 1. The van der Waals surface area contributed by atoms with Crippen LogP contribution in [-0.4, -0.2) is 24.8 Å². The Hall–Kier alpha value is -2.56. The number of carboxylic acids is 1. The molecule has 2 aliphatic carbocycles. The molecule has 154 valence electrons. The van der Waals surface area contributed by atoms with Gasteiger partial charge in [0.15, 0.2) is 0 Å². The average molecular weight is 398 g/mol. The van der Waals surface area contributed by atoms with E-state index in [1.54, 1.807) is 19.1 Å². The smallest absolute Gasteiger partial charge is 0.306 e. The molecule has 0 saturated heterocycles. The zero-order valence-corrected chi connectivity index (χ0v) is 16.8. The second kappa shape index (κ2) is 8.05. The van der Waals surface area contributed by atoms with E-state index in [1.165, 1.54) is 13.2 Å². The summed E-state index contributed by atoms with van der Waals surface area (Å²) >= 11 is 0. The fourth-order valence-electron chi connectivity index (χ4n) is 4.34. The summed E-state index contributed by atoms with van der Waals surface area (Å²) < 4.78 is 25.3. The molecule has 5 heteroatoms. The van der Waals surface area contributed by atoms with Gasteiger partial charge in [-0.05, 0) is 66.3 Å². The lowest BCUT2D eigenvalue weighted by atomic mass is 9.83. The molecule has 2 aliphatic rings. The highest BCUT2D eigenvalue weighted by Gasteiger charge is 2.41. The van der Waals surface area contributed by atoms with Crippen molar-refractivity contribution in [3.05, 3.63) is 59.4 Å². The zero-order chi connectivity index (χ0) is 20.5. The number of methoxy groups -OCH3 is 1. The molecule has 2 saturated carbocycles. The van der Waals surface area contributed by atoms with Gasteiger partial charge in [0.05, 0.1) is 19.6 Å². The van der Waals surface area contributed by atoms with Crippen LogP contribution in [0.2, 0.25) is 0 Å². The van der Waals surface area contributed by atoms with Gasteiger partial charge >= 0.3 is 5.97 Å². The highest BCUT2D eigenvalue weighted by atomic mass is 19.1. The Labute approximate surface area is 170 Å². The molecule has 29 heavy (non-hydrogen) atoms. The first-order chi connectivity index (χ1) is 14.0. The van der Waals surface area contributed by atoms with E-state index in [0.29, 0.717) is 24.2 Å². The average Bonchev–Trinajstić information content (AvgIpc) is 3.62.